The zero-order valence-corrected chi connectivity index (χ0v) is 17.5. The lowest BCUT2D eigenvalue weighted by Gasteiger charge is -2.10. The number of thiophene rings is 1. The lowest BCUT2D eigenvalue weighted by molar-refractivity contribution is -0.143. The summed E-state index contributed by atoms with van der Waals surface area (Å²) in [6, 6.07) is 3.90. The number of aromatic nitrogens is 3. The van der Waals surface area contributed by atoms with Crippen LogP contribution in [0.1, 0.15) is 31.5 Å². The van der Waals surface area contributed by atoms with E-state index in [1.165, 1.54) is 18.4 Å². The zero-order valence-electron chi connectivity index (χ0n) is 16.7. The summed E-state index contributed by atoms with van der Waals surface area (Å²) in [5, 5.41) is 5.66. The van der Waals surface area contributed by atoms with Crippen LogP contribution in [-0.2, 0) is 19.4 Å². The molecule has 4 aromatic heterocycles. The Morgan fingerprint density at radius 2 is 1.85 bits per heavy atom. The van der Waals surface area contributed by atoms with Crippen molar-refractivity contribution >= 4 is 39.1 Å². The summed E-state index contributed by atoms with van der Waals surface area (Å²) in [6.45, 7) is 0. The molecule has 0 unspecified atom stereocenters. The van der Waals surface area contributed by atoms with Gasteiger partial charge in [-0.1, -0.05) is 0 Å². The summed E-state index contributed by atoms with van der Waals surface area (Å²) in [7, 11) is 0.978. The molecule has 4 rings (SSSR count). The van der Waals surface area contributed by atoms with Gasteiger partial charge in [0, 0.05) is 24.1 Å². The van der Waals surface area contributed by atoms with Gasteiger partial charge < -0.3 is 15.5 Å². The number of furan rings is 1. The summed E-state index contributed by atoms with van der Waals surface area (Å²) in [4.78, 5) is 27.6. The smallest absolute Gasteiger partial charge is 0.433 e. The van der Waals surface area contributed by atoms with E-state index in [0.29, 0.717) is 28.2 Å². The van der Waals surface area contributed by atoms with Gasteiger partial charge in [0.15, 0.2) is 5.69 Å². The number of primary amides is 1. The molecule has 8 nitrogen and oxygen atoms in total. The fourth-order valence-corrected chi connectivity index (χ4v) is 4.19. The van der Waals surface area contributed by atoms with Crippen LogP contribution in [0.15, 0.2) is 34.9 Å². The Bertz CT molecular complexity index is 1420. The molecule has 0 bridgehead atoms. The van der Waals surface area contributed by atoms with Crippen molar-refractivity contribution < 1.29 is 40.3 Å². The first-order chi connectivity index (χ1) is 15.8. The van der Waals surface area contributed by atoms with Crippen molar-refractivity contribution in [2.45, 2.75) is 12.4 Å². The normalized spacial score (nSPS) is 12.3. The second-order valence-corrected chi connectivity index (χ2v) is 7.87. The average Bonchev–Trinajstić information content (AvgIpc) is 3.44. The van der Waals surface area contributed by atoms with Crippen LogP contribution >= 0.6 is 11.3 Å². The predicted molar refractivity (Wildman–Crippen MR) is 107 cm³/mol. The molecule has 0 aliphatic heterocycles. The van der Waals surface area contributed by atoms with Gasteiger partial charge in [0.2, 0.25) is 0 Å². The molecule has 0 atom stereocenters. The average molecular weight is 503 g/mol. The van der Waals surface area contributed by atoms with Crippen molar-refractivity contribution in [3.8, 4) is 11.3 Å². The number of carbonyl (C=O) groups excluding carboxylic acids is 2. The van der Waals surface area contributed by atoms with Crippen LogP contribution in [0.25, 0.3) is 21.5 Å². The molecule has 0 aliphatic carbocycles. The van der Waals surface area contributed by atoms with Crippen LogP contribution < -0.4 is 11.1 Å². The van der Waals surface area contributed by atoms with E-state index < -0.39 is 41.2 Å². The van der Waals surface area contributed by atoms with Crippen molar-refractivity contribution in [3.63, 3.8) is 0 Å². The highest BCUT2D eigenvalue weighted by atomic mass is 32.1. The molecule has 178 valence electrons. The SMILES string of the molecule is Cn1nc(C(=O)Nc2c(C(N)=O)sc3nc(C(F)(F)F)cc(-c4ccco4)c23)cc1C(F)(F)F. The molecule has 4 heterocycles. The van der Waals surface area contributed by atoms with Crippen molar-refractivity contribution in [1.82, 2.24) is 14.8 Å². The maximum Gasteiger partial charge on any atom is 0.433 e. The molecule has 0 aliphatic rings. The van der Waals surface area contributed by atoms with Crippen LogP contribution in [0, 0.1) is 0 Å². The minimum absolute atomic E-state index is 0.0422. The number of carbonyl (C=O) groups is 2. The van der Waals surface area contributed by atoms with E-state index in [-0.39, 0.29) is 32.1 Å². The summed E-state index contributed by atoms with van der Waals surface area (Å²) in [5.74, 6) is -2.30. The number of nitrogens with zero attached hydrogens (tertiary/aromatic N) is 3. The summed E-state index contributed by atoms with van der Waals surface area (Å²) in [6.07, 6.45) is -8.45. The number of rotatable bonds is 4. The molecule has 0 saturated heterocycles. The Hall–Kier alpha value is -3.88. The number of pyridine rings is 1. The zero-order chi connectivity index (χ0) is 25.0. The lowest BCUT2D eigenvalue weighted by Crippen LogP contribution is -2.17. The van der Waals surface area contributed by atoms with Gasteiger partial charge in [0.25, 0.3) is 11.8 Å². The number of nitrogens with one attached hydrogen (secondary N) is 1. The van der Waals surface area contributed by atoms with E-state index in [1.807, 2.05) is 0 Å². The number of halogens is 6. The fourth-order valence-electron chi connectivity index (χ4n) is 3.18. The molecule has 4 aromatic rings. The van der Waals surface area contributed by atoms with E-state index in [2.05, 4.69) is 15.4 Å². The predicted octanol–water partition coefficient (Wildman–Crippen LogP) is 4.68. The van der Waals surface area contributed by atoms with Crippen molar-refractivity contribution in [3.05, 3.63) is 52.5 Å². The molecular weight excluding hydrogens is 492 g/mol. The second kappa shape index (κ2) is 7.86. The summed E-state index contributed by atoms with van der Waals surface area (Å²) >= 11 is 0.476. The van der Waals surface area contributed by atoms with Gasteiger partial charge >= 0.3 is 12.4 Å². The third-order valence-electron chi connectivity index (χ3n) is 4.60. The van der Waals surface area contributed by atoms with Crippen molar-refractivity contribution in [2.24, 2.45) is 12.8 Å². The van der Waals surface area contributed by atoms with Gasteiger partial charge in [0.05, 0.1) is 12.0 Å². The first kappa shape index (κ1) is 23.3. The van der Waals surface area contributed by atoms with Crippen LogP contribution in [0.3, 0.4) is 0 Å². The Labute approximate surface area is 189 Å². The molecule has 0 radical (unpaired) electrons. The van der Waals surface area contributed by atoms with E-state index in [0.717, 1.165) is 7.05 Å². The van der Waals surface area contributed by atoms with Crippen LogP contribution in [0.2, 0.25) is 0 Å². The number of amides is 2. The number of anilines is 1. The van der Waals surface area contributed by atoms with E-state index in [1.54, 1.807) is 0 Å². The van der Waals surface area contributed by atoms with Gasteiger partial charge in [-0.3, -0.25) is 14.3 Å². The maximum absolute atomic E-state index is 13.4. The monoisotopic (exact) mass is 503 g/mol. The highest BCUT2D eigenvalue weighted by Gasteiger charge is 2.37. The van der Waals surface area contributed by atoms with Gasteiger partial charge in [-0.25, -0.2) is 4.98 Å². The Morgan fingerprint density at radius 3 is 2.38 bits per heavy atom. The van der Waals surface area contributed by atoms with E-state index in [4.69, 9.17) is 10.2 Å². The van der Waals surface area contributed by atoms with Gasteiger partial charge in [-0.15, -0.1) is 11.3 Å². The minimum atomic E-state index is -4.85. The number of nitrogens with two attached hydrogens (primary N) is 1. The third kappa shape index (κ3) is 4.09. The Morgan fingerprint density at radius 1 is 1.15 bits per heavy atom. The molecule has 34 heavy (non-hydrogen) atoms. The first-order valence-electron chi connectivity index (χ1n) is 9.08. The largest absolute Gasteiger partial charge is 0.464 e. The highest BCUT2D eigenvalue weighted by Crippen LogP contribution is 2.44. The van der Waals surface area contributed by atoms with E-state index >= 15 is 0 Å². The molecule has 15 heteroatoms. The Balaban J connectivity index is 1.91. The van der Waals surface area contributed by atoms with Gasteiger partial charge in [-0.2, -0.15) is 31.4 Å². The van der Waals surface area contributed by atoms with Crippen LogP contribution in [-0.4, -0.2) is 26.6 Å². The van der Waals surface area contributed by atoms with Crippen molar-refractivity contribution in [2.75, 3.05) is 5.32 Å². The molecule has 0 spiro atoms. The van der Waals surface area contributed by atoms with Gasteiger partial charge in [-0.05, 0) is 18.2 Å². The number of fused-ring (bicyclic) bond motifs is 1. The third-order valence-corrected chi connectivity index (χ3v) is 5.70. The summed E-state index contributed by atoms with van der Waals surface area (Å²) < 4.78 is 85.1. The lowest BCUT2D eigenvalue weighted by atomic mass is 10.1. The first-order valence-corrected chi connectivity index (χ1v) is 9.90. The van der Waals surface area contributed by atoms with Crippen LogP contribution in [0.4, 0.5) is 32.0 Å². The topological polar surface area (TPSA) is 116 Å². The minimum Gasteiger partial charge on any atom is -0.464 e. The van der Waals surface area contributed by atoms with Crippen molar-refractivity contribution in [1.29, 1.82) is 0 Å². The number of aryl methyl sites for hydroxylation is 1. The quantitative estimate of drug-likeness (QED) is 0.393. The standard InChI is InChI=1S/C19H11F6N5O3S/c1-30-11(19(23,24)25)6-8(29-30)16(32)28-13-12-7(9-3-2-4-33-9)5-10(18(20,21)22)27-17(12)34-14(13)15(26)31/h2-6H,1H3,(H2,26,31)(H,28,32). The molecular formula is C19H11F6N5O3S. The fraction of sp³-hybridized carbons (Fsp3) is 0.158. The summed E-state index contributed by atoms with van der Waals surface area (Å²) in [5.41, 5.74) is 1.70. The van der Waals surface area contributed by atoms with Gasteiger partial charge in [0.1, 0.15) is 26.9 Å². The van der Waals surface area contributed by atoms with Crippen LogP contribution in [0.5, 0.6) is 0 Å². The Kier molecular flexibility index (Phi) is 5.38. The number of hydrogen-bond donors (Lipinski definition) is 2. The number of alkyl halides is 6. The molecule has 3 N–H and O–H groups in total. The molecule has 2 amide bonds. The molecule has 0 aromatic carbocycles. The van der Waals surface area contributed by atoms with E-state index in [9.17, 15) is 35.9 Å². The molecule has 0 fully saturated rings. The number of hydrogen-bond acceptors (Lipinski definition) is 6. The second-order valence-electron chi connectivity index (χ2n) is 6.87. The highest BCUT2D eigenvalue weighted by molar-refractivity contribution is 7.21. The molecule has 0 saturated carbocycles. The maximum atomic E-state index is 13.4.